The standard InChI is InChI=1S/C15H17ClN4O/c1-11-8-12(2-4-14(11)16)3-5-15(21)19-9-13(10-19)20-7-6-17-18-20/h2,4,6-8,13H,3,5,9-10H2,1H3. The van der Waals surface area contributed by atoms with E-state index < -0.39 is 0 Å². The van der Waals surface area contributed by atoms with Crippen molar-refractivity contribution in [2.45, 2.75) is 25.8 Å². The third-order valence-electron chi connectivity index (χ3n) is 3.88. The van der Waals surface area contributed by atoms with Gasteiger partial charge in [-0.1, -0.05) is 28.9 Å². The molecule has 1 fully saturated rings. The van der Waals surface area contributed by atoms with Crippen LogP contribution < -0.4 is 0 Å². The van der Waals surface area contributed by atoms with Crippen molar-refractivity contribution in [1.82, 2.24) is 19.9 Å². The number of halogens is 1. The van der Waals surface area contributed by atoms with Crippen LogP contribution in [0.2, 0.25) is 5.02 Å². The number of hydrogen-bond donors (Lipinski definition) is 0. The van der Waals surface area contributed by atoms with E-state index in [9.17, 15) is 4.79 Å². The molecule has 0 radical (unpaired) electrons. The molecule has 0 bridgehead atoms. The van der Waals surface area contributed by atoms with E-state index in [1.54, 1.807) is 6.20 Å². The molecule has 3 rings (SSSR count). The molecule has 1 aliphatic rings. The van der Waals surface area contributed by atoms with E-state index in [1.165, 1.54) is 0 Å². The Morgan fingerprint density at radius 3 is 2.90 bits per heavy atom. The Kier molecular flexibility index (Phi) is 3.92. The zero-order valence-corrected chi connectivity index (χ0v) is 12.6. The second-order valence-electron chi connectivity index (χ2n) is 5.42. The van der Waals surface area contributed by atoms with E-state index in [0.717, 1.165) is 35.7 Å². The van der Waals surface area contributed by atoms with Crippen LogP contribution in [-0.4, -0.2) is 38.9 Å². The fraction of sp³-hybridized carbons (Fsp3) is 0.400. The maximum absolute atomic E-state index is 12.1. The number of aryl methyl sites for hydroxylation is 2. The molecule has 6 heteroatoms. The fourth-order valence-corrected chi connectivity index (χ4v) is 2.63. The van der Waals surface area contributed by atoms with Crippen molar-refractivity contribution in [2.24, 2.45) is 0 Å². The monoisotopic (exact) mass is 304 g/mol. The van der Waals surface area contributed by atoms with Gasteiger partial charge in [0.1, 0.15) is 0 Å². The Morgan fingerprint density at radius 1 is 1.43 bits per heavy atom. The summed E-state index contributed by atoms with van der Waals surface area (Å²) in [5, 5.41) is 8.51. The zero-order valence-electron chi connectivity index (χ0n) is 11.9. The van der Waals surface area contributed by atoms with Crippen LogP contribution in [0.3, 0.4) is 0 Å². The number of carbonyl (C=O) groups excluding carboxylic acids is 1. The van der Waals surface area contributed by atoms with E-state index in [2.05, 4.69) is 10.3 Å². The summed E-state index contributed by atoms with van der Waals surface area (Å²) in [6, 6.07) is 6.19. The van der Waals surface area contributed by atoms with Crippen molar-refractivity contribution >= 4 is 17.5 Å². The third kappa shape index (κ3) is 3.08. The van der Waals surface area contributed by atoms with Gasteiger partial charge in [0.25, 0.3) is 0 Å². The number of rotatable bonds is 4. The molecule has 0 atom stereocenters. The number of nitrogens with zero attached hydrogens (tertiary/aromatic N) is 4. The molecule has 5 nitrogen and oxygen atoms in total. The SMILES string of the molecule is Cc1cc(CCC(=O)N2CC(n3ccnn3)C2)ccc1Cl. The molecule has 1 saturated heterocycles. The van der Waals surface area contributed by atoms with Gasteiger partial charge in [-0.15, -0.1) is 5.10 Å². The zero-order chi connectivity index (χ0) is 14.8. The molecular weight excluding hydrogens is 288 g/mol. The molecule has 0 N–H and O–H groups in total. The Labute approximate surface area is 128 Å². The lowest BCUT2D eigenvalue weighted by Gasteiger charge is -2.39. The molecule has 1 aromatic carbocycles. The lowest BCUT2D eigenvalue weighted by Crippen LogP contribution is -2.50. The van der Waals surface area contributed by atoms with Crippen molar-refractivity contribution in [2.75, 3.05) is 13.1 Å². The molecule has 0 aliphatic carbocycles. The lowest BCUT2D eigenvalue weighted by atomic mass is 10.0. The molecule has 21 heavy (non-hydrogen) atoms. The van der Waals surface area contributed by atoms with E-state index in [1.807, 2.05) is 40.9 Å². The molecule has 1 aromatic heterocycles. The fourth-order valence-electron chi connectivity index (χ4n) is 2.51. The average molecular weight is 305 g/mol. The Hall–Kier alpha value is -1.88. The van der Waals surface area contributed by atoms with Gasteiger partial charge in [0.2, 0.25) is 5.91 Å². The minimum Gasteiger partial charge on any atom is -0.338 e. The maximum atomic E-state index is 12.1. The molecular formula is C15H17ClN4O. The largest absolute Gasteiger partial charge is 0.338 e. The van der Waals surface area contributed by atoms with Crippen molar-refractivity contribution < 1.29 is 4.79 Å². The predicted octanol–water partition coefficient (Wildman–Crippen LogP) is 2.26. The summed E-state index contributed by atoms with van der Waals surface area (Å²) in [6.07, 6.45) is 4.78. The van der Waals surface area contributed by atoms with Crippen molar-refractivity contribution in [3.8, 4) is 0 Å². The number of amides is 1. The average Bonchev–Trinajstić information content (AvgIpc) is 2.92. The first-order valence-corrected chi connectivity index (χ1v) is 7.40. The van der Waals surface area contributed by atoms with Crippen molar-refractivity contribution in [3.63, 3.8) is 0 Å². The molecule has 2 aromatic rings. The third-order valence-corrected chi connectivity index (χ3v) is 4.30. The van der Waals surface area contributed by atoms with E-state index in [4.69, 9.17) is 11.6 Å². The van der Waals surface area contributed by atoms with Gasteiger partial charge in [0.05, 0.1) is 12.2 Å². The molecule has 0 saturated carbocycles. The highest BCUT2D eigenvalue weighted by Gasteiger charge is 2.31. The first-order chi connectivity index (χ1) is 10.1. The minimum absolute atomic E-state index is 0.193. The van der Waals surface area contributed by atoms with Crippen LogP contribution in [0.1, 0.15) is 23.6 Å². The Bertz CT molecular complexity index is 635. The van der Waals surface area contributed by atoms with Gasteiger partial charge in [0, 0.05) is 30.7 Å². The van der Waals surface area contributed by atoms with Gasteiger partial charge in [0.15, 0.2) is 0 Å². The van der Waals surface area contributed by atoms with Gasteiger partial charge < -0.3 is 4.90 Å². The molecule has 1 amide bonds. The van der Waals surface area contributed by atoms with Crippen LogP contribution in [-0.2, 0) is 11.2 Å². The molecule has 2 heterocycles. The van der Waals surface area contributed by atoms with E-state index >= 15 is 0 Å². The second-order valence-corrected chi connectivity index (χ2v) is 5.83. The molecule has 1 aliphatic heterocycles. The number of aromatic nitrogens is 3. The van der Waals surface area contributed by atoms with E-state index in [-0.39, 0.29) is 11.9 Å². The highest BCUT2D eigenvalue weighted by atomic mass is 35.5. The number of hydrogen-bond acceptors (Lipinski definition) is 3. The van der Waals surface area contributed by atoms with Crippen LogP contribution in [0.15, 0.2) is 30.6 Å². The van der Waals surface area contributed by atoms with Crippen LogP contribution in [0.5, 0.6) is 0 Å². The topological polar surface area (TPSA) is 51.0 Å². The highest BCUT2D eigenvalue weighted by molar-refractivity contribution is 6.31. The minimum atomic E-state index is 0.193. The number of benzene rings is 1. The quantitative estimate of drug-likeness (QED) is 0.870. The van der Waals surface area contributed by atoms with Gasteiger partial charge in [-0.3, -0.25) is 4.79 Å². The molecule has 0 unspecified atom stereocenters. The second kappa shape index (κ2) is 5.85. The van der Waals surface area contributed by atoms with Crippen molar-refractivity contribution in [1.29, 1.82) is 0 Å². The number of carbonyl (C=O) groups is 1. The summed E-state index contributed by atoms with van der Waals surface area (Å²) in [4.78, 5) is 14.0. The van der Waals surface area contributed by atoms with Crippen LogP contribution >= 0.6 is 11.6 Å². The molecule has 110 valence electrons. The summed E-state index contributed by atoms with van der Waals surface area (Å²) in [5.74, 6) is 0.193. The van der Waals surface area contributed by atoms with Gasteiger partial charge >= 0.3 is 0 Å². The summed E-state index contributed by atoms with van der Waals surface area (Å²) >= 11 is 6.00. The Morgan fingerprint density at radius 2 is 2.24 bits per heavy atom. The highest BCUT2D eigenvalue weighted by Crippen LogP contribution is 2.22. The van der Waals surface area contributed by atoms with Crippen LogP contribution in [0.4, 0.5) is 0 Å². The lowest BCUT2D eigenvalue weighted by molar-refractivity contribution is -0.137. The summed E-state index contributed by atoms with van der Waals surface area (Å²) in [5.41, 5.74) is 2.20. The van der Waals surface area contributed by atoms with Crippen LogP contribution in [0.25, 0.3) is 0 Å². The van der Waals surface area contributed by atoms with Gasteiger partial charge in [-0.05, 0) is 30.5 Å². The Balaban J connectivity index is 1.48. The summed E-state index contributed by atoms with van der Waals surface area (Å²) in [6.45, 7) is 3.43. The van der Waals surface area contributed by atoms with Crippen molar-refractivity contribution in [3.05, 3.63) is 46.7 Å². The normalized spacial score (nSPS) is 15.0. The van der Waals surface area contributed by atoms with Gasteiger partial charge in [-0.25, -0.2) is 4.68 Å². The predicted molar refractivity (Wildman–Crippen MR) is 80.1 cm³/mol. The first kappa shape index (κ1) is 14.1. The summed E-state index contributed by atoms with van der Waals surface area (Å²) < 4.78 is 1.81. The summed E-state index contributed by atoms with van der Waals surface area (Å²) in [7, 11) is 0. The maximum Gasteiger partial charge on any atom is 0.223 e. The van der Waals surface area contributed by atoms with Gasteiger partial charge in [-0.2, -0.15) is 0 Å². The van der Waals surface area contributed by atoms with E-state index in [0.29, 0.717) is 6.42 Å². The molecule has 0 spiro atoms. The number of likely N-dealkylation sites (tertiary alicyclic amines) is 1. The smallest absolute Gasteiger partial charge is 0.223 e. The van der Waals surface area contributed by atoms with Crippen LogP contribution in [0, 0.1) is 6.92 Å². The first-order valence-electron chi connectivity index (χ1n) is 7.02.